The van der Waals surface area contributed by atoms with Gasteiger partial charge in [0.05, 0.1) is 0 Å². The number of benzene rings is 1. The Balaban J connectivity index is 1.71. The molecule has 1 saturated heterocycles. The van der Waals surface area contributed by atoms with Crippen LogP contribution in [0.3, 0.4) is 0 Å². The first-order chi connectivity index (χ1) is 12.9. The molecule has 1 fully saturated rings. The minimum Gasteiger partial charge on any atom is -0.484 e. The number of ether oxygens (including phenoxy) is 1. The number of nitrogens with one attached hydrogen (secondary N) is 2. The molecule has 9 heteroatoms. The zero-order valence-electron chi connectivity index (χ0n) is 14.6. The molecule has 27 heavy (non-hydrogen) atoms. The van der Waals surface area contributed by atoms with Crippen molar-refractivity contribution in [2.24, 2.45) is 0 Å². The largest absolute Gasteiger partial charge is 0.484 e. The second-order valence-electron chi connectivity index (χ2n) is 6.43. The van der Waals surface area contributed by atoms with Gasteiger partial charge in [0.1, 0.15) is 11.3 Å². The number of aromatic nitrogens is 2. The van der Waals surface area contributed by atoms with Crippen LogP contribution in [0.2, 0.25) is 0 Å². The molecule has 0 radical (unpaired) electrons. The minimum absolute atomic E-state index is 0.0727. The van der Waals surface area contributed by atoms with Crippen LogP contribution in [0.1, 0.15) is 18.4 Å². The van der Waals surface area contributed by atoms with Crippen molar-refractivity contribution in [3.8, 4) is 5.75 Å². The van der Waals surface area contributed by atoms with Crippen molar-refractivity contribution < 1.29 is 22.7 Å². The van der Waals surface area contributed by atoms with Crippen LogP contribution in [-0.2, 0) is 16.9 Å². The van der Waals surface area contributed by atoms with E-state index in [9.17, 15) is 18.0 Å². The van der Waals surface area contributed by atoms with Gasteiger partial charge in [-0.2, -0.15) is 18.3 Å². The Morgan fingerprint density at radius 1 is 1.26 bits per heavy atom. The number of halogens is 3. The van der Waals surface area contributed by atoms with Crippen molar-refractivity contribution in [1.29, 1.82) is 0 Å². The summed E-state index contributed by atoms with van der Waals surface area (Å²) in [6.07, 6.45) is 0.109. The standard InChI is InChI=1S/C18H21F3N4O2/c19-18(20,21)13-27-15-5-2-1-4-14(15)12-23-16(26)17(6-9-22-10-7-17)25-11-3-8-24-25/h1-5,8,11,22H,6-7,9-10,12-13H2,(H,23,26). The van der Waals surface area contributed by atoms with E-state index in [0.29, 0.717) is 31.5 Å². The van der Waals surface area contributed by atoms with Crippen molar-refractivity contribution in [3.05, 3.63) is 48.3 Å². The predicted molar refractivity (Wildman–Crippen MR) is 92.1 cm³/mol. The molecule has 0 saturated carbocycles. The Labute approximate surface area is 154 Å². The molecule has 2 N–H and O–H groups in total. The fourth-order valence-electron chi connectivity index (χ4n) is 3.21. The lowest BCUT2D eigenvalue weighted by Gasteiger charge is -2.36. The Hall–Kier alpha value is -2.55. The maximum Gasteiger partial charge on any atom is 0.422 e. The summed E-state index contributed by atoms with van der Waals surface area (Å²) in [4.78, 5) is 13.0. The average molecular weight is 382 g/mol. The minimum atomic E-state index is -4.42. The molecule has 3 rings (SSSR count). The van der Waals surface area contributed by atoms with E-state index < -0.39 is 18.3 Å². The number of carbonyl (C=O) groups is 1. The number of piperidine rings is 1. The summed E-state index contributed by atoms with van der Waals surface area (Å²) in [6, 6.07) is 8.14. The molecule has 2 aromatic rings. The summed E-state index contributed by atoms with van der Waals surface area (Å²) in [5.41, 5.74) is -0.323. The highest BCUT2D eigenvalue weighted by Gasteiger charge is 2.41. The van der Waals surface area contributed by atoms with Crippen molar-refractivity contribution in [1.82, 2.24) is 20.4 Å². The molecule has 0 atom stereocenters. The fourth-order valence-corrected chi connectivity index (χ4v) is 3.21. The number of carbonyl (C=O) groups excluding carboxylic acids is 1. The van der Waals surface area contributed by atoms with E-state index in [1.54, 1.807) is 41.3 Å². The zero-order chi connectivity index (χ0) is 19.3. The smallest absolute Gasteiger partial charge is 0.422 e. The van der Waals surface area contributed by atoms with Gasteiger partial charge in [-0.15, -0.1) is 0 Å². The van der Waals surface area contributed by atoms with Crippen molar-refractivity contribution in [3.63, 3.8) is 0 Å². The summed E-state index contributed by atoms with van der Waals surface area (Å²) >= 11 is 0. The first-order valence-electron chi connectivity index (χ1n) is 8.67. The van der Waals surface area contributed by atoms with Crippen LogP contribution < -0.4 is 15.4 Å². The van der Waals surface area contributed by atoms with E-state index in [4.69, 9.17) is 4.74 Å². The molecule has 1 amide bonds. The van der Waals surface area contributed by atoms with Crippen LogP contribution in [0.5, 0.6) is 5.75 Å². The number of para-hydroxylation sites is 1. The fraction of sp³-hybridized carbons (Fsp3) is 0.444. The Kier molecular flexibility index (Phi) is 5.69. The number of alkyl halides is 3. The van der Waals surface area contributed by atoms with Gasteiger partial charge in [-0.05, 0) is 38.1 Å². The molecule has 1 aromatic carbocycles. The van der Waals surface area contributed by atoms with E-state index in [1.165, 1.54) is 6.07 Å². The molecular formula is C18H21F3N4O2. The van der Waals surface area contributed by atoms with Crippen molar-refractivity contribution in [2.45, 2.75) is 31.1 Å². The quantitative estimate of drug-likeness (QED) is 0.804. The van der Waals surface area contributed by atoms with Gasteiger partial charge in [0.25, 0.3) is 0 Å². The summed E-state index contributed by atoms with van der Waals surface area (Å²) in [7, 11) is 0. The van der Waals surface area contributed by atoms with Crippen LogP contribution >= 0.6 is 0 Å². The lowest BCUT2D eigenvalue weighted by atomic mass is 9.87. The molecule has 2 heterocycles. The second kappa shape index (κ2) is 7.99. The number of nitrogens with zero attached hydrogens (tertiary/aromatic N) is 2. The third-order valence-corrected chi connectivity index (χ3v) is 4.60. The molecule has 1 aliphatic rings. The lowest BCUT2D eigenvalue weighted by molar-refractivity contribution is -0.153. The number of hydrogen-bond acceptors (Lipinski definition) is 4. The van der Waals surface area contributed by atoms with E-state index in [1.807, 2.05) is 0 Å². The van der Waals surface area contributed by atoms with Crippen LogP contribution in [0.15, 0.2) is 42.7 Å². The van der Waals surface area contributed by atoms with Gasteiger partial charge in [-0.25, -0.2) is 0 Å². The third-order valence-electron chi connectivity index (χ3n) is 4.60. The van der Waals surface area contributed by atoms with Gasteiger partial charge < -0.3 is 15.4 Å². The second-order valence-corrected chi connectivity index (χ2v) is 6.43. The zero-order valence-corrected chi connectivity index (χ0v) is 14.6. The van der Waals surface area contributed by atoms with Gasteiger partial charge in [0.2, 0.25) is 5.91 Å². The van der Waals surface area contributed by atoms with E-state index in [-0.39, 0.29) is 18.2 Å². The van der Waals surface area contributed by atoms with Crippen LogP contribution in [0, 0.1) is 0 Å². The van der Waals surface area contributed by atoms with E-state index in [0.717, 1.165) is 0 Å². The molecule has 0 spiro atoms. The first kappa shape index (κ1) is 19.2. The van der Waals surface area contributed by atoms with Gasteiger partial charge in [0, 0.05) is 24.5 Å². The predicted octanol–water partition coefficient (Wildman–Crippen LogP) is 2.22. The summed E-state index contributed by atoms with van der Waals surface area (Å²) in [5.74, 6) is -0.105. The van der Waals surface area contributed by atoms with Gasteiger partial charge in [0.15, 0.2) is 6.61 Å². The van der Waals surface area contributed by atoms with Gasteiger partial charge >= 0.3 is 6.18 Å². The molecule has 6 nitrogen and oxygen atoms in total. The number of hydrogen-bond donors (Lipinski definition) is 2. The van der Waals surface area contributed by atoms with E-state index in [2.05, 4.69) is 15.7 Å². The topological polar surface area (TPSA) is 68.2 Å². The maximum absolute atomic E-state index is 13.0. The van der Waals surface area contributed by atoms with Crippen LogP contribution in [0.25, 0.3) is 0 Å². The maximum atomic E-state index is 13.0. The van der Waals surface area contributed by atoms with Crippen LogP contribution in [-0.4, -0.2) is 41.6 Å². The molecule has 0 bridgehead atoms. The SMILES string of the molecule is O=C(NCc1ccccc1OCC(F)(F)F)C1(n2cccn2)CCNCC1. The average Bonchev–Trinajstić information content (AvgIpc) is 3.20. The lowest BCUT2D eigenvalue weighted by Crippen LogP contribution is -2.54. The monoisotopic (exact) mass is 382 g/mol. The van der Waals surface area contributed by atoms with E-state index >= 15 is 0 Å². The molecule has 0 aliphatic carbocycles. The van der Waals surface area contributed by atoms with Crippen molar-refractivity contribution in [2.75, 3.05) is 19.7 Å². The van der Waals surface area contributed by atoms with Crippen molar-refractivity contribution >= 4 is 5.91 Å². The highest BCUT2D eigenvalue weighted by Crippen LogP contribution is 2.28. The molecule has 0 unspecified atom stereocenters. The molecule has 146 valence electrons. The third kappa shape index (κ3) is 4.60. The number of rotatable bonds is 6. The highest BCUT2D eigenvalue weighted by molar-refractivity contribution is 5.84. The Morgan fingerprint density at radius 3 is 2.67 bits per heavy atom. The molecule has 1 aromatic heterocycles. The number of amides is 1. The van der Waals surface area contributed by atoms with Gasteiger partial charge in [-0.1, -0.05) is 18.2 Å². The van der Waals surface area contributed by atoms with Crippen LogP contribution in [0.4, 0.5) is 13.2 Å². The molecular weight excluding hydrogens is 361 g/mol. The Morgan fingerprint density at radius 2 is 2.00 bits per heavy atom. The highest BCUT2D eigenvalue weighted by atomic mass is 19.4. The Bertz CT molecular complexity index is 756. The van der Waals surface area contributed by atoms with Gasteiger partial charge in [-0.3, -0.25) is 9.48 Å². The first-order valence-corrected chi connectivity index (χ1v) is 8.67. The molecule has 1 aliphatic heterocycles. The summed E-state index contributed by atoms with van der Waals surface area (Å²) in [6.45, 7) is 0.0568. The summed E-state index contributed by atoms with van der Waals surface area (Å²) in [5, 5.41) is 10.3. The normalized spacial score (nSPS) is 16.7. The summed E-state index contributed by atoms with van der Waals surface area (Å²) < 4.78 is 43.8.